The van der Waals surface area contributed by atoms with Crippen LogP contribution in [0.2, 0.25) is 0 Å². The number of carbonyl (C=O) groups excluding carboxylic acids is 1. The summed E-state index contributed by atoms with van der Waals surface area (Å²) in [6.45, 7) is 1.61. The molecule has 0 saturated carbocycles. The van der Waals surface area contributed by atoms with Crippen molar-refractivity contribution in [2.75, 3.05) is 32.5 Å². The van der Waals surface area contributed by atoms with Crippen LogP contribution in [0.15, 0.2) is 0 Å². The molecule has 0 spiro atoms. The Morgan fingerprint density at radius 1 is 1.60 bits per heavy atom. The van der Waals surface area contributed by atoms with Crippen LogP contribution in [0.3, 0.4) is 0 Å². The van der Waals surface area contributed by atoms with Crippen LogP contribution in [0.4, 0.5) is 0 Å². The van der Waals surface area contributed by atoms with E-state index in [-0.39, 0.29) is 5.91 Å². The average Bonchev–Trinajstić information content (AvgIpc) is 1.87. The molecule has 3 nitrogen and oxygen atoms in total. The van der Waals surface area contributed by atoms with Crippen molar-refractivity contribution >= 4 is 21.8 Å². The summed E-state index contributed by atoms with van der Waals surface area (Å²) in [4.78, 5) is 12.6. The molecule has 0 aliphatic rings. The molecule has 0 radical (unpaired) electrons. The van der Waals surface area contributed by atoms with Gasteiger partial charge in [0.2, 0.25) is 5.91 Å². The van der Waals surface area contributed by atoms with Crippen LogP contribution >= 0.6 is 15.9 Å². The van der Waals surface area contributed by atoms with Crippen LogP contribution in [-0.2, 0) is 4.79 Å². The summed E-state index contributed by atoms with van der Waals surface area (Å²) in [7, 11) is 3.95. The van der Waals surface area contributed by atoms with E-state index in [9.17, 15) is 4.79 Å². The van der Waals surface area contributed by atoms with Gasteiger partial charge in [-0.1, -0.05) is 15.9 Å². The number of carbonyl (C=O) groups is 1. The summed E-state index contributed by atoms with van der Waals surface area (Å²) < 4.78 is 0. The fraction of sp³-hybridized carbons (Fsp3) is 0.833. The van der Waals surface area contributed by atoms with Crippen molar-refractivity contribution in [2.45, 2.75) is 0 Å². The highest BCUT2D eigenvalue weighted by Crippen LogP contribution is 1.78. The maximum absolute atomic E-state index is 10.6. The lowest BCUT2D eigenvalue weighted by Gasteiger charge is -2.08. The SMILES string of the molecule is CN(C)CCNC(=O)CBr. The van der Waals surface area contributed by atoms with Crippen molar-refractivity contribution in [3.8, 4) is 0 Å². The molecule has 1 amide bonds. The van der Waals surface area contributed by atoms with Gasteiger partial charge in [-0.15, -0.1) is 0 Å². The lowest BCUT2D eigenvalue weighted by Crippen LogP contribution is -2.31. The molecule has 0 heterocycles. The lowest BCUT2D eigenvalue weighted by molar-refractivity contribution is -0.118. The number of nitrogens with one attached hydrogen (secondary N) is 1. The molecule has 0 aromatic heterocycles. The van der Waals surface area contributed by atoms with Gasteiger partial charge in [0.15, 0.2) is 0 Å². The number of amides is 1. The number of alkyl halides is 1. The normalized spacial score (nSPS) is 10.0. The summed E-state index contributed by atoms with van der Waals surface area (Å²) in [5.41, 5.74) is 0. The maximum Gasteiger partial charge on any atom is 0.230 e. The van der Waals surface area contributed by atoms with Gasteiger partial charge < -0.3 is 10.2 Å². The van der Waals surface area contributed by atoms with Gasteiger partial charge in [-0.25, -0.2) is 0 Å². The monoisotopic (exact) mass is 208 g/mol. The Bertz CT molecular complexity index is 106. The predicted molar refractivity (Wildman–Crippen MR) is 45.4 cm³/mol. The number of hydrogen-bond donors (Lipinski definition) is 1. The molecule has 10 heavy (non-hydrogen) atoms. The van der Waals surface area contributed by atoms with Crippen LogP contribution in [0, 0.1) is 0 Å². The fourth-order valence-electron chi connectivity index (χ4n) is 0.466. The summed E-state index contributed by atoms with van der Waals surface area (Å²) in [5.74, 6) is 0.0434. The molecule has 0 aliphatic carbocycles. The summed E-state index contributed by atoms with van der Waals surface area (Å²) in [6.07, 6.45) is 0. The van der Waals surface area contributed by atoms with E-state index >= 15 is 0 Å². The van der Waals surface area contributed by atoms with Crippen LogP contribution in [0.25, 0.3) is 0 Å². The Balaban J connectivity index is 3.12. The van der Waals surface area contributed by atoms with E-state index in [1.54, 1.807) is 0 Å². The first kappa shape index (κ1) is 9.91. The van der Waals surface area contributed by atoms with Crippen molar-refractivity contribution in [1.82, 2.24) is 10.2 Å². The molecule has 0 aromatic rings. The fourth-order valence-corrected chi connectivity index (χ4v) is 0.664. The second kappa shape index (κ2) is 5.68. The Morgan fingerprint density at radius 2 is 2.20 bits per heavy atom. The quantitative estimate of drug-likeness (QED) is 0.664. The second-order valence-electron chi connectivity index (χ2n) is 2.29. The minimum Gasteiger partial charge on any atom is -0.354 e. The molecule has 1 N–H and O–H groups in total. The largest absolute Gasteiger partial charge is 0.354 e. The van der Waals surface area contributed by atoms with Crippen molar-refractivity contribution in [3.05, 3.63) is 0 Å². The van der Waals surface area contributed by atoms with Gasteiger partial charge in [0, 0.05) is 13.1 Å². The highest BCUT2D eigenvalue weighted by atomic mass is 79.9. The molecule has 0 rings (SSSR count). The third-order valence-electron chi connectivity index (χ3n) is 1.00. The highest BCUT2D eigenvalue weighted by molar-refractivity contribution is 9.09. The van der Waals surface area contributed by atoms with Crippen molar-refractivity contribution < 1.29 is 4.79 Å². The predicted octanol–water partition coefficient (Wildman–Crippen LogP) is 0.0591. The standard InChI is InChI=1S/C6H13BrN2O/c1-9(2)4-3-8-6(10)5-7/h3-5H2,1-2H3,(H,8,10). The molecule has 0 atom stereocenters. The summed E-state index contributed by atoms with van der Waals surface area (Å²) in [5, 5.41) is 3.13. The lowest BCUT2D eigenvalue weighted by atomic mass is 10.5. The van der Waals surface area contributed by atoms with E-state index in [1.165, 1.54) is 0 Å². The summed E-state index contributed by atoms with van der Waals surface area (Å²) >= 11 is 3.06. The minimum absolute atomic E-state index is 0.0434. The Labute approximate surface area is 69.9 Å². The highest BCUT2D eigenvalue weighted by Gasteiger charge is 1.95. The molecule has 0 fully saturated rings. The van der Waals surface area contributed by atoms with E-state index in [0.29, 0.717) is 5.33 Å². The maximum atomic E-state index is 10.6. The molecular weight excluding hydrogens is 196 g/mol. The molecule has 60 valence electrons. The summed E-state index contributed by atoms with van der Waals surface area (Å²) in [6, 6.07) is 0. The zero-order valence-electron chi connectivity index (χ0n) is 6.35. The van der Waals surface area contributed by atoms with E-state index < -0.39 is 0 Å². The first-order valence-electron chi connectivity index (χ1n) is 3.14. The third kappa shape index (κ3) is 6.04. The third-order valence-corrected chi connectivity index (χ3v) is 1.51. The molecule has 0 saturated heterocycles. The van der Waals surface area contributed by atoms with Gasteiger partial charge in [0.25, 0.3) is 0 Å². The number of likely N-dealkylation sites (N-methyl/N-ethyl adjacent to an activating group) is 1. The smallest absolute Gasteiger partial charge is 0.230 e. The molecule has 0 unspecified atom stereocenters. The van der Waals surface area contributed by atoms with Crippen LogP contribution in [-0.4, -0.2) is 43.3 Å². The number of halogens is 1. The zero-order valence-corrected chi connectivity index (χ0v) is 7.94. The Kier molecular flexibility index (Phi) is 5.63. The van der Waals surface area contributed by atoms with Crippen molar-refractivity contribution in [1.29, 1.82) is 0 Å². The number of rotatable bonds is 4. The minimum atomic E-state index is 0.0434. The van der Waals surface area contributed by atoms with Crippen molar-refractivity contribution in [2.24, 2.45) is 0 Å². The van der Waals surface area contributed by atoms with Gasteiger partial charge in [0.1, 0.15) is 0 Å². The second-order valence-corrected chi connectivity index (χ2v) is 2.85. The van der Waals surface area contributed by atoms with E-state index in [1.807, 2.05) is 19.0 Å². The van der Waals surface area contributed by atoms with Gasteiger partial charge in [0.05, 0.1) is 5.33 Å². The average molecular weight is 209 g/mol. The number of hydrogen-bond acceptors (Lipinski definition) is 2. The van der Waals surface area contributed by atoms with E-state index in [4.69, 9.17) is 0 Å². The molecule has 0 aromatic carbocycles. The topological polar surface area (TPSA) is 32.3 Å². The first-order chi connectivity index (χ1) is 4.66. The van der Waals surface area contributed by atoms with Crippen molar-refractivity contribution in [3.63, 3.8) is 0 Å². The Morgan fingerprint density at radius 3 is 2.60 bits per heavy atom. The Hall–Kier alpha value is -0.0900. The van der Waals surface area contributed by atoms with Gasteiger partial charge in [-0.05, 0) is 14.1 Å². The van der Waals surface area contributed by atoms with Gasteiger partial charge in [-0.2, -0.15) is 0 Å². The van der Waals surface area contributed by atoms with Crippen LogP contribution < -0.4 is 5.32 Å². The number of nitrogens with zero attached hydrogens (tertiary/aromatic N) is 1. The van der Waals surface area contributed by atoms with Gasteiger partial charge >= 0.3 is 0 Å². The zero-order chi connectivity index (χ0) is 7.98. The first-order valence-corrected chi connectivity index (χ1v) is 4.26. The molecule has 0 bridgehead atoms. The van der Waals surface area contributed by atoms with E-state index in [0.717, 1.165) is 13.1 Å². The molecule has 0 aliphatic heterocycles. The van der Waals surface area contributed by atoms with E-state index in [2.05, 4.69) is 21.2 Å². The van der Waals surface area contributed by atoms with Crippen LogP contribution in [0.5, 0.6) is 0 Å². The molecular formula is C6H13BrN2O. The van der Waals surface area contributed by atoms with Gasteiger partial charge in [-0.3, -0.25) is 4.79 Å². The molecule has 4 heteroatoms. The van der Waals surface area contributed by atoms with Crippen LogP contribution in [0.1, 0.15) is 0 Å².